The first kappa shape index (κ1) is 9.46. The minimum atomic E-state index is 0.472. The minimum Gasteiger partial charge on any atom is -0.384 e. The summed E-state index contributed by atoms with van der Waals surface area (Å²) in [6.45, 7) is 3.39. The maximum absolute atomic E-state index is 5.55. The van der Waals surface area contributed by atoms with Crippen molar-refractivity contribution in [3.8, 4) is 0 Å². The highest BCUT2D eigenvalue weighted by atomic mass is 14.9. The fraction of sp³-hybridized carbons (Fsp3) is 0.545. The van der Waals surface area contributed by atoms with Crippen molar-refractivity contribution in [2.24, 2.45) is 5.92 Å². The SMILES string of the molecule is CC1CCC(c2ccc(N)nc2)NC1. The van der Waals surface area contributed by atoms with Crippen molar-refractivity contribution >= 4 is 5.82 Å². The van der Waals surface area contributed by atoms with Gasteiger partial charge in [0, 0.05) is 12.2 Å². The lowest BCUT2D eigenvalue weighted by atomic mass is 9.93. The van der Waals surface area contributed by atoms with Crippen molar-refractivity contribution in [1.82, 2.24) is 10.3 Å². The zero-order valence-corrected chi connectivity index (χ0v) is 8.53. The van der Waals surface area contributed by atoms with Crippen LogP contribution < -0.4 is 11.1 Å². The largest absolute Gasteiger partial charge is 0.384 e. The topological polar surface area (TPSA) is 50.9 Å². The summed E-state index contributed by atoms with van der Waals surface area (Å²) < 4.78 is 0. The monoisotopic (exact) mass is 191 g/mol. The lowest BCUT2D eigenvalue weighted by molar-refractivity contribution is 0.332. The van der Waals surface area contributed by atoms with E-state index < -0.39 is 0 Å². The van der Waals surface area contributed by atoms with Crippen molar-refractivity contribution in [3.05, 3.63) is 23.9 Å². The number of hydrogen-bond acceptors (Lipinski definition) is 3. The third-order valence-corrected chi connectivity index (χ3v) is 2.87. The van der Waals surface area contributed by atoms with Crippen LogP contribution >= 0.6 is 0 Å². The van der Waals surface area contributed by atoms with E-state index in [0.29, 0.717) is 11.9 Å². The summed E-state index contributed by atoms with van der Waals surface area (Å²) in [5, 5.41) is 3.52. The van der Waals surface area contributed by atoms with E-state index in [1.165, 1.54) is 18.4 Å². The summed E-state index contributed by atoms with van der Waals surface area (Å²) in [6, 6.07) is 4.41. The van der Waals surface area contributed by atoms with Crippen LogP contribution in [0.2, 0.25) is 0 Å². The van der Waals surface area contributed by atoms with Crippen LogP contribution in [-0.2, 0) is 0 Å². The number of nitrogens with two attached hydrogens (primary N) is 1. The van der Waals surface area contributed by atoms with E-state index in [1.54, 1.807) is 0 Å². The molecule has 0 amide bonds. The highest BCUT2D eigenvalue weighted by Crippen LogP contribution is 2.24. The van der Waals surface area contributed by atoms with E-state index in [2.05, 4.69) is 23.3 Å². The van der Waals surface area contributed by atoms with Gasteiger partial charge in [0.15, 0.2) is 0 Å². The van der Waals surface area contributed by atoms with Gasteiger partial charge in [-0.3, -0.25) is 0 Å². The van der Waals surface area contributed by atoms with Gasteiger partial charge >= 0.3 is 0 Å². The van der Waals surface area contributed by atoms with E-state index >= 15 is 0 Å². The number of hydrogen-bond donors (Lipinski definition) is 2. The van der Waals surface area contributed by atoms with Gasteiger partial charge in [0.2, 0.25) is 0 Å². The first-order valence-electron chi connectivity index (χ1n) is 5.20. The van der Waals surface area contributed by atoms with Crippen molar-refractivity contribution < 1.29 is 0 Å². The van der Waals surface area contributed by atoms with E-state index in [9.17, 15) is 0 Å². The lowest BCUT2D eigenvalue weighted by Gasteiger charge is -2.27. The lowest BCUT2D eigenvalue weighted by Crippen LogP contribution is -2.31. The van der Waals surface area contributed by atoms with Gasteiger partial charge in [-0.1, -0.05) is 13.0 Å². The number of nitrogen functional groups attached to an aromatic ring is 1. The van der Waals surface area contributed by atoms with E-state index in [4.69, 9.17) is 5.73 Å². The van der Waals surface area contributed by atoms with Gasteiger partial charge < -0.3 is 11.1 Å². The average molecular weight is 191 g/mol. The molecule has 1 saturated heterocycles. The first-order valence-corrected chi connectivity index (χ1v) is 5.20. The molecule has 2 unspecified atom stereocenters. The quantitative estimate of drug-likeness (QED) is 0.710. The summed E-state index contributed by atoms with van der Waals surface area (Å²) >= 11 is 0. The Labute approximate surface area is 84.7 Å². The van der Waals surface area contributed by atoms with Gasteiger partial charge in [0.1, 0.15) is 5.82 Å². The summed E-state index contributed by atoms with van der Waals surface area (Å²) in [7, 11) is 0. The average Bonchev–Trinajstić information content (AvgIpc) is 2.21. The van der Waals surface area contributed by atoms with Crippen LogP contribution in [0.1, 0.15) is 31.4 Å². The van der Waals surface area contributed by atoms with Gasteiger partial charge in [0.25, 0.3) is 0 Å². The van der Waals surface area contributed by atoms with Crippen molar-refractivity contribution in [3.63, 3.8) is 0 Å². The molecule has 1 aromatic heterocycles. The van der Waals surface area contributed by atoms with Crippen LogP contribution in [0.4, 0.5) is 5.82 Å². The van der Waals surface area contributed by atoms with Gasteiger partial charge in [-0.25, -0.2) is 4.98 Å². The standard InChI is InChI=1S/C11H17N3/c1-8-2-4-10(13-6-8)9-3-5-11(12)14-7-9/h3,5,7-8,10,13H,2,4,6H2,1H3,(H2,12,14). The van der Waals surface area contributed by atoms with E-state index in [1.807, 2.05) is 12.3 Å². The third-order valence-electron chi connectivity index (χ3n) is 2.87. The second-order valence-corrected chi connectivity index (χ2v) is 4.16. The molecule has 76 valence electrons. The second kappa shape index (κ2) is 3.96. The fourth-order valence-electron chi connectivity index (χ4n) is 1.91. The summed E-state index contributed by atoms with van der Waals surface area (Å²) in [5.41, 5.74) is 6.80. The van der Waals surface area contributed by atoms with E-state index in [0.717, 1.165) is 12.5 Å². The fourth-order valence-corrected chi connectivity index (χ4v) is 1.91. The molecule has 3 nitrogen and oxygen atoms in total. The molecule has 3 N–H and O–H groups in total. The van der Waals surface area contributed by atoms with Gasteiger partial charge in [-0.15, -0.1) is 0 Å². The Bertz CT molecular complexity index is 286. The molecule has 0 spiro atoms. The van der Waals surface area contributed by atoms with Gasteiger partial charge in [-0.05, 0) is 36.9 Å². The summed E-state index contributed by atoms with van der Waals surface area (Å²) in [5.74, 6) is 1.39. The normalized spacial score (nSPS) is 27.5. The van der Waals surface area contributed by atoms with Crippen molar-refractivity contribution in [1.29, 1.82) is 0 Å². The number of nitrogens with one attached hydrogen (secondary N) is 1. The second-order valence-electron chi connectivity index (χ2n) is 4.16. The van der Waals surface area contributed by atoms with Crippen LogP contribution in [-0.4, -0.2) is 11.5 Å². The molecule has 1 aliphatic rings. The number of aromatic nitrogens is 1. The molecule has 14 heavy (non-hydrogen) atoms. The highest BCUT2D eigenvalue weighted by Gasteiger charge is 2.18. The molecule has 1 fully saturated rings. The maximum Gasteiger partial charge on any atom is 0.123 e. The predicted molar refractivity (Wildman–Crippen MR) is 57.8 cm³/mol. The zero-order valence-electron chi connectivity index (χ0n) is 8.53. The molecule has 0 bridgehead atoms. The number of piperidine rings is 1. The summed E-state index contributed by atoms with van der Waals surface area (Å²) in [4.78, 5) is 4.11. The molecule has 0 aliphatic carbocycles. The van der Waals surface area contributed by atoms with Crippen LogP contribution in [0, 0.1) is 5.92 Å². The van der Waals surface area contributed by atoms with Crippen molar-refractivity contribution in [2.45, 2.75) is 25.8 Å². The molecule has 3 heteroatoms. The van der Waals surface area contributed by atoms with Gasteiger partial charge in [0.05, 0.1) is 0 Å². The summed E-state index contributed by atoms with van der Waals surface area (Å²) in [6.07, 6.45) is 4.37. The molecule has 1 aromatic rings. The van der Waals surface area contributed by atoms with E-state index in [-0.39, 0.29) is 0 Å². The first-order chi connectivity index (χ1) is 6.75. The predicted octanol–water partition coefficient (Wildman–Crippen LogP) is 1.72. The Hall–Kier alpha value is -1.09. The molecule has 2 rings (SSSR count). The van der Waals surface area contributed by atoms with Gasteiger partial charge in [-0.2, -0.15) is 0 Å². The Kier molecular flexibility index (Phi) is 2.68. The van der Waals surface area contributed by atoms with Crippen LogP contribution in [0.3, 0.4) is 0 Å². The maximum atomic E-state index is 5.55. The molecular formula is C11H17N3. The van der Waals surface area contributed by atoms with Crippen LogP contribution in [0.25, 0.3) is 0 Å². The number of anilines is 1. The molecule has 0 saturated carbocycles. The highest BCUT2D eigenvalue weighted by molar-refractivity contribution is 5.30. The van der Waals surface area contributed by atoms with Crippen LogP contribution in [0.5, 0.6) is 0 Å². The molecule has 0 aromatic carbocycles. The molecule has 2 atom stereocenters. The number of nitrogens with zero attached hydrogens (tertiary/aromatic N) is 1. The molecule has 0 radical (unpaired) electrons. The Morgan fingerprint density at radius 2 is 2.29 bits per heavy atom. The smallest absolute Gasteiger partial charge is 0.123 e. The van der Waals surface area contributed by atoms with Crippen molar-refractivity contribution in [2.75, 3.05) is 12.3 Å². The molecular weight excluding hydrogens is 174 g/mol. The molecule has 2 heterocycles. The molecule has 1 aliphatic heterocycles. The van der Waals surface area contributed by atoms with Crippen LogP contribution in [0.15, 0.2) is 18.3 Å². The Morgan fingerprint density at radius 3 is 2.86 bits per heavy atom. The Morgan fingerprint density at radius 1 is 1.43 bits per heavy atom. The Balaban J connectivity index is 2.05. The third kappa shape index (κ3) is 2.04. The number of rotatable bonds is 1. The minimum absolute atomic E-state index is 0.472. The number of pyridine rings is 1. The zero-order chi connectivity index (χ0) is 9.97.